The second-order valence-corrected chi connectivity index (χ2v) is 4.55. The molecule has 2 N–H and O–H groups in total. The van der Waals surface area contributed by atoms with Crippen LogP contribution in [0.1, 0.15) is 23.2 Å². The highest BCUT2D eigenvalue weighted by Gasteiger charge is 2.38. The Morgan fingerprint density at radius 1 is 1.45 bits per heavy atom. The Morgan fingerprint density at radius 2 is 2.10 bits per heavy atom. The van der Waals surface area contributed by atoms with Crippen molar-refractivity contribution in [1.29, 1.82) is 0 Å². The van der Waals surface area contributed by atoms with Crippen LogP contribution in [0.2, 0.25) is 0 Å². The second kappa shape index (κ2) is 5.24. The third kappa shape index (κ3) is 2.90. The van der Waals surface area contributed by atoms with Crippen LogP contribution in [0.4, 0.5) is 10.1 Å². The minimum Gasteiger partial charge on any atom is -0.480 e. The second-order valence-electron chi connectivity index (χ2n) is 4.55. The minimum atomic E-state index is -1.19. The van der Waals surface area contributed by atoms with Gasteiger partial charge in [0.05, 0.1) is 11.0 Å². The molecule has 20 heavy (non-hydrogen) atoms. The van der Waals surface area contributed by atoms with Gasteiger partial charge in [0.25, 0.3) is 11.6 Å². The van der Waals surface area contributed by atoms with Crippen molar-refractivity contribution in [2.75, 3.05) is 0 Å². The number of carbonyl (C=O) groups is 2. The normalized spacial score (nSPS) is 15.4. The van der Waals surface area contributed by atoms with Crippen LogP contribution < -0.4 is 5.32 Å². The SMILES string of the molecule is O=C(NC(C(=O)O)C1CC1)c1ccc(F)cc1[N+](=O)[O-]. The van der Waals surface area contributed by atoms with Crippen molar-refractivity contribution in [2.45, 2.75) is 18.9 Å². The van der Waals surface area contributed by atoms with E-state index in [2.05, 4.69) is 5.32 Å². The Labute approximate surface area is 112 Å². The molecule has 1 amide bonds. The molecule has 0 bridgehead atoms. The largest absolute Gasteiger partial charge is 0.480 e. The molecule has 2 rings (SSSR count). The molecule has 7 nitrogen and oxygen atoms in total. The quantitative estimate of drug-likeness (QED) is 0.625. The fourth-order valence-corrected chi connectivity index (χ4v) is 1.88. The van der Waals surface area contributed by atoms with Crippen LogP contribution >= 0.6 is 0 Å². The zero-order valence-electron chi connectivity index (χ0n) is 10.2. The van der Waals surface area contributed by atoms with Gasteiger partial charge in [0, 0.05) is 0 Å². The zero-order valence-corrected chi connectivity index (χ0v) is 10.2. The maximum absolute atomic E-state index is 13.0. The van der Waals surface area contributed by atoms with E-state index >= 15 is 0 Å². The summed E-state index contributed by atoms with van der Waals surface area (Å²) in [5, 5.41) is 22.0. The monoisotopic (exact) mass is 282 g/mol. The van der Waals surface area contributed by atoms with E-state index < -0.39 is 34.3 Å². The molecule has 0 saturated heterocycles. The lowest BCUT2D eigenvalue weighted by Crippen LogP contribution is -2.42. The first-order valence-corrected chi connectivity index (χ1v) is 5.87. The molecule has 1 aliphatic carbocycles. The Morgan fingerprint density at radius 3 is 2.60 bits per heavy atom. The third-order valence-corrected chi connectivity index (χ3v) is 3.05. The number of nitrogens with zero attached hydrogens (tertiary/aromatic N) is 1. The summed E-state index contributed by atoms with van der Waals surface area (Å²) in [5.41, 5.74) is -1.05. The predicted molar refractivity (Wildman–Crippen MR) is 64.7 cm³/mol. The summed E-state index contributed by atoms with van der Waals surface area (Å²) in [6, 6.07) is 1.43. The highest BCUT2D eigenvalue weighted by atomic mass is 19.1. The van der Waals surface area contributed by atoms with Gasteiger partial charge in [0.15, 0.2) is 0 Å². The van der Waals surface area contributed by atoms with E-state index in [0.717, 1.165) is 12.1 Å². The fraction of sp³-hybridized carbons (Fsp3) is 0.333. The molecule has 0 spiro atoms. The van der Waals surface area contributed by atoms with Gasteiger partial charge >= 0.3 is 5.97 Å². The molecule has 1 fully saturated rings. The van der Waals surface area contributed by atoms with Crippen LogP contribution in [0.3, 0.4) is 0 Å². The van der Waals surface area contributed by atoms with Gasteiger partial charge in [0.2, 0.25) is 0 Å². The van der Waals surface area contributed by atoms with Gasteiger partial charge in [-0.2, -0.15) is 0 Å². The minimum absolute atomic E-state index is 0.157. The highest BCUT2D eigenvalue weighted by Crippen LogP contribution is 2.33. The molecular weight excluding hydrogens is 271 g/mol. The van der Waals surface area contributed by atoms with E-state index in [-0.39, 0.29) is 11.5 Å². The summed E-state index contributed by atoms with van der Waals surface area (Å²) in [6.07, 6.45) is 1.37. The number of nitro benzene ring substituents is 1. The number of halogens is 1. The van der Waals surface area contributed by atoms with Crippen molar-refractivity contribution < 1.29 is 24.0 Å². The average Bonchev–Trinajstić information content (AvgIpc) is 3.19. The molecule has 0 radical (unpaired) electrons. The fourth-order valence-electron chi connectivity index (χ4n) is 1.88. The van der Waals surface area contributed by atoms with Crippen LogP contribution in [0, 0.1) is 21.8 Å². The number of nitro groups is 1. The number of carboxylic acids is 1. The first kappa shape index (κ1) is 13.9. The molecule has 0 aliphatic heterocycles. The first-order chi connectivity index (χ1) is 9.40. The molecule has 1 aliphatic rings. The highest BCUT2D eigenvalue weighted by molar-refractivity contribution is 6.00. The van der Waals surface area contributed by atoms with E-state index in [4.69, 9.17) is 5.11 Å². The molecule has 0 heterocycles. The number of carboxylic acid groups (broad SMARTS) is 1. The zero-order chi connectivity index (χ0) is 14.9. The topological polar surface area (TPSA) is 110 Å². The molecule has 106 valence electrons. The van der Waals surface area contributed by atoms with Gasteiger partial charge in [-0.05, 0) is 30.9 Å². The molecule has 0 aromatic heterocycles. The maximum atomic E-state index is 13.0. The summed E-state index contributed by atoms with van der Waals surface area (Å²) in [6.45, 7) is 0. The standard InChI is InChI=1S/C12H11FN2O5/c13-7-3-4-8(9(5-7)15(19)20)11(16)14-10(12(17)18)6-1-2-6/h3-6,10H,1-2H2,(H,14,16)(H,17,18). The lowest BCUT2D eigenvalue weighted by Gasteiger charge is -2.13. The lowest BCUT2D eigenvalue weighted by atomic mass is 10.1. The number of hydrogen-bond donors (Lipinski definition) is 2. The van der Waals surface area contributed by atoms with Crippen LogP contribution in [0.15, 0.2) is 18.2 Å². The summed E-state index contributed by atoms with van der Waals surface area (Å²) >= 11 is 0. The lowest BCUT2D eigenvalue weighted by molar-refractivity contribution is -0.385. The maximum Gasteiger partial charge on any atom is 0.326 e. The molecule has 1 saturated carbocycles. The van der Waals surface area contributed by atoms with E-state index in [9.17, 15) is 24.1 Å². The summed E-state index contributed by atoms with van der Waals surface area (Å²) < 4.78 is 13.0. The summed E-state index contributed by atoms with van der Waals surface area (Å²) in [5.74, 6) is -3.08. The van der Waals surface area contributed by atoms with Gasteiger partial charge in [-0.1, -0.05) is 0 Å². The van der Waals surface area contributed by atoms with E-state index in [1.807, 2.05) is 0 Å². The van der Waals surface area contributed by atoms with Crippen LogP contribution in [-0.2, 0) is 4.79 Å². The summed E-state index contributed by atoms with van der Waals surface area (Å²) in [7, 11) is 0. The predicted octanol–water partition coefficient (Wildman–Crippen LogP) is 1.33. The van der Waals surface area contributed by atoms with E-state index in [1.54, 1.807) is 0 Å². The molecule has 1 aromatic carbocycles. The van der Waals surface area contributed by atoms with Crippen LogP contribution in [-0.4, -0.2) is 27.9 Å². The smallest absolute Gasteiger partial charge is 0.326 e. The number of aliphatic carboxylic acids is 1. The van der Waals surface area contributed by atoms with Crippen LogP contribution in [0.25, 0.3) is 0 Å². The Kier molecular flexibility index (Phi) is 3.64. The van der Waals surface area contributed by atoms with Crippen molar-refractivity contribution in [3.05, 3.63) is 39.7 Å². The molecule has 8 heteroatoms. The van der Waals surface area contributed by atoms with Crippen molar-refractivity contribution in [1.82, 2.24) is 5.32 Å². The first-order valence-electron chi connectivity index (χ1n) is 5.87. The third-order valence-electron chi connectivity index (χ3n) is 3.05. The van der Waals surface area contributed by atoms with Gasteiger partial charge < -0.3 is 10.4 Å². The van der Waals surface area contributed by atoms with Gasteiger partial charge in [-0.25, -0.2) is 9.18 Å². The average molecular weight is 282 g/mol. The Hall–Kier alpha value is -2.51. The molecule has 1 atom stereocenters. The van der Waals surface area contributed by atoms with Crippen molar-refractivity contribution in [3.63, 3.8) is 0 Å². The molecule has 1 unspecified atom stereocenters. The van der Waals surface area contributed by atoms with Crippen LogP contribution in [0.5, 0.6) is 0 Å². The Bertz CT molecular complexity index is 585. The van der Waals surface area contributed by atoms with E-state index in [1.165, 1.54) is 0 Å². The van der Waals surface area contributed by atoms with E-state index in [0.29, 0.717) is 18.9 Å². The molecule has 1 aromatic rings. The Balaban J connectivity index is 2.24. The van der Waals surface area contributed by atoms with Gasteiger partial charge in [-0.15, -0.1) is 0 Å². The van der Waals surface area contributed by atoms with Gasteiger partial charge in [0.1, 0.15) is 17.4 Å². The summed E-state index contributed by atoms with van der Waals surface area (Å²) in [4.78, 5) is 32.8. The van der Waals surface area contributed by atoms with Crippen molar-refractivity contribution >= 4 is 17.6 Å². The number of carbonyl (C=O) groups excluding carboxylic acids is 1. The van der Waals surface area contributed by atoms with Gasteiger partial charge in [-0.3, -0.25) is 14.9 Å². The number of amides is 1. The number of rotatable bonds is 5. The number of benzene rings is 1. The number of hydrogen-bond acceptors (Lipinski definition) is 4. The van der Waals surface area contributed by atoms with Crippen molar-refractivity contribution in [2.24, 2.45) is 5.92 Å². The molecular formula is C12H11FN2O5. The van der Waals surface area contributed by atoms with Crippen molar-refractivity contribution in [3.8, 4) is 0 Å². The number of nitrogens with one attached hydrogen (secondary N) is 1.